The molecule has 0 unspecified atom stereocenters. The van der Waals surface area contributed by atoms with E-state index in [1.54, 1.807) is 6.20 Å². The zero-order chi connectivity index (χ0) is 13.9. The van der Waals surface area contributed by atoms with E-state index < -0.39 is 5.97 Å². The number of para-hydroxylation sites is 1. The second-order valence-electron chi connectivity index (χ2n) is 4.38. The highest BCUT2D eigenvalue weighted by molar-refractivity contribution is 5.87. The Labute approximate surface area is 114 Å². The standard InChI is InChI=1S/C15H12N2O3/c18-15(19)11-6-13(20-9-11)8-16-12-5-10-3-1-2-4-14(10)17-7-12/h1-7,9,16H,8H2,(H,18,19). The molecule has 3 rings (SSSR count). The summed E-state index contributed by atoms with van der Waals surface area (Å²) in [7, 11) is 0. The number of nitrogens with zero attached hydrogens (tertiary/aromatic N) is 1. The molecule has 0 saturated carbocycles. The third-order valence-electron chi connectivity index (χ3n) is 2.96. The van der Waals surface area contributed by atoms with Gasteiger partial charge in [-0.05, 0) is 18.2 Å². The molecule has 2 aromatic heterocycles. The van der Waals surface area contributed by atoms with Gasteiger partial charge in [0.05, 0.1) is 29.5 Å². The van der Waals surface area contributed by atoms with Gasteiger partial charge in [0.15, 0.2) is 0 Å². The van der Waals surface area contributed by atoms with Crippen molar-refractivity contribution in [2.45, 2.75) is 6.54 Å². The summed E-state index contributed by atoms with van der Waals surface area (Å²) in [6.45, 7) is 0.410. The molecule has 0 bridgehead atoms. The van der Waals surface area contributed by atoms with Crippen LogP contribution in [-0.4, -0.2) is 16.1 Å². The summed E-state index contributed by atoms with van der Waals surface area (Å²) in [5, 5.41) is 13.0. The molecule has 100 valence electrons. The van der Waals surface area contributed by atoms with Gasteiger partial charge in [0, 0.05) is 5.39 Å². The van der Waals surface area contributed by atoms with E-state index in [0.717, 1.165) is 16.6 Å². The lowest BCUT2D eigenvalue weighted by molar-refractivity contribution is 0.0696. The Balaban J connectivity index is 1.74. The van der Waals surface area contributed by atoms with Crippen LogP contribution in [0.2, 0.25) is 0 Å². The Hall–Kier alpha value is -2.82. The lowest BCUT2D eigenvalue weighted by atomic mass is 10.2. The summed E-state index contributed by atoms with van der Waals surface area (Å²) in [6.07, 6.45) is 2.97. The molecule has 0 aliphatic carbocycles. The van der Waals surface area contributed by atoms with Crippen molar-refractivity contribution in [2.24, 2.45) is 0 Å². The maximum absolute atomic E-state index is 10.7. The lowest BCUT2D eigenvalue weighted by Gasteiger charge is -2.05. The summed E-state index contributed by atoms with van der Waals surface area (Å²) in [6, 6.07) is 11.3. The van der Waals surface area contributed by atoms with Crippen LogP contribution < -0.4 is 5.32 Å². The molecule has 0 fully saturated rings. The van der Waals surface area contributed by atoms with Crippen molar-refractivity contribution in [3.8, 4) is 0 Å². The first kappa shape index (κ1) is 12.2. The van der Waals surface area contributed by atoms with Gasteiger partial charge in [-0.15, -0.1) is 0 Å². The fraction of sp³-hybridized carbons (Fsp3) is 0.0667. The van der Waals surface area contributed by atoms with E-state index in [0.29, 0.717) is 12.3 Å². The molecule has 3 aromatic rings. The van der Waals surface area contributed by atoms with E-state index in [-0.39, 0.29) is 5.56 Å². The summed E-state index contributed by atoms with van der Waals surface area (Å²) in [5.41, 5.74) is 1.94. The lowest BCUT2D eigenvalue weighted by Crippen LogP contribution is -1.99. The Morgan fingerprint density at radius 3 is 2.95 bits per heavy atom. The number of furan rings is 1. The highest BCUT2D eigenvalue weighted by atomic mass is 16.4. The SMILES string of the molecule is O=C(O)c1coc(CNc2cnc3ccccc3c2)c1. The molecule has 0 aliphatic heterocycles. The number of nitrogens with one attached hydrogen (secondary N) is 1. The Morgan fingerprint density at radius 2 is 2.15 bits per heavy atom. The van der Waals surface area contributed by atoms with Gasteiger partial charge in [-0.1, -0.05) is 18.2 Å². The number of rotatable bonds is 4. The molecule has 0 radical (unpaired) electrons. The number of fused-ring (bicyclic) bond motifs is 1. The third kappa shape index (κ3) is 2.47. The Bertz CT molecular complexity index is 764. The van der Waals surface area contributed by atoms with E-state index in [4.69, 9.17) is 9.52 Å². The largest absolute Gasteiger partial charge is 0.478 e. The van der Waals surface area contributed by atoms with Gasteiger partial charge in [0.1, 0.15) is 12.0 Å². The van der Waals surface area contributed by atoms with Gasteiger partial charge >= 0.3 is 5.97 Å². The predicted molar refractivity (Wildman–Crippen MR) is 74.7 cm³/mol. The van der Waals surface area contributed by atoms with Crippen molar-refractivity contribution in [1.29, 1.82) is 0 Å². The van der Waals surface area contributed by atoms with Crippen LogP contribution in [0.3, 0.4) is 0 Å². The summed E-state index contributed by atoms with van der Waals surface area (Å²) in [4.78, 5) is 15.1. The number of benzene rings is 1. The van der Waals surface area contributed by atoms with Crippen molar-refractivity contribution in [2.75, 3.05) is 5.32 Å². The van der Waals surface area contributed by atoms with Crippen LogP contribution in [0.4, 0.5) is 5.69 Å². The number of hydrogen-bond acceptors (Lipinski definition) is 4. The van der Waals surface area contributed by atoms with E-state index >= 15 is 0 Å². The first-order chi connectivity index (χ1) is 9.72. The first-order valence-electron chi connectivity index (χ1n) is 6.12. The number of carboxylic acids is 1. The summed E-state index contributed by atoms with van der Waals surface area (Å²) in [5.74, 6) is -0.428. The average molecular weight is 268 g/mol. The van der Waals surface area contributed by atoms with Gasteiger partial charge in [-0.3, -0.25) is 4.98 Å². The van der Waals surface area contributed by atoms with Crippen molar-refractivity contribution in [1.82, 2.24) is 4.98 Å². The van der Waals surface area contributed by atoms with Crippen LogP contribution in [0.5, 0.6) is 0 Å². The average Bonchev–Trinajstić information content (AvgIpc) is 2.94. The van der Waals surface area contributed by atoms with Gasteiger partial charge < -0.3 is 14.8 Å². The van der Waals surface area contributed by atoms with Crippen LogP contribution in [0.25, 0.3) is 10.9 Å². The zero-order valence-corrected chi connectivity index (χ0v) is 10.5. The van der Waals surface area contributed by atoms with Crippen molar-refractivity contribution < 1.29 is 14.3 Å². The fourth-order valence-corrected chi connectivity index (χ4v) is 1.94. The minimum Gasteiger partial charge on any atom is -0.478 e. The van der Waals surface area contributed by atoms with Crippen LogP contribution in [0, 0.1) is 0 Å². The maximum atomic E-state index is 10.7. The second-order valence-corrected chi connectivity index (χ2v) is 4.38. The molecule has 5 nitrogen and oxygen atoms in total. The highest BCUT2D eigenvalue weighted by Gasteiger charge is 2.08. The quantitative estimate of drug-likeness (QED) is 0.760. The van der Waals surface area contributed by atoms with Gasteiger partial charge in [-0.2, -0.15) is 0 Å². The fourth-order valence-electron chi connectivity index (χ4n) is 1.94. The van der Waals surface area contributed by atoms with E-state index in [1.165, 1.54) is 12.3 Å². The number of carboxylic acid groups (broad SMARTS) is 1. The van der Waals surface area contributed by atoms with Crippen molar-refractivity contribution >= 4 is 22.6 Å². The molecular weight excluding hydrogens is 256 g/mol. The number of aromatic carboxylic acids is 1. The molecule has 2 N–H and O–H groups in total. The zero-order valence-electron chi connectivity index (χ0n) is 10.5. The van der Waals surface area contributed by atoms with Gasteiger partial charge in [0.25, 0.3) is 0 Å². The molecule has 0 aliphatic rings. The van der Waals surface area contributed by atoms with Crippen LogP contribution in [0.1, 0.15) is 16.1 Å². The molecule has 0 atom stereocenters. The highest BCUT2D eigenvalue weighted by Crippen LogP contribution is 2.17. The summed E-state index contributed by atoms with van der Waals surface area (Å²) < 4.78 is 5.17. The van der Waals surface area contributed by atoms with Crippen LogP contribution in [0.15, 0.2) is 53.3 Å². The number of hydrogen-bond donors (Lipinski definition) is 2. The normalized spacial score (nSPS) is 10.6. The maximum Gasteiger partial charge on any atom is 0.338 e. The number of pyridine rings is 1. The number of carbonyl (C=O) groups is 1. The topological polar surface area (TPSA) is 75.4 Å². The molecule has 20 heavy (non-hydrogen) atoms. The molecule has 5 heteroatoms. The number of anilines is 1. The molecule has 2 heterocycles. The second kappa shape index (κ2) is 5.05. The molecular formula is C15H12N2O3. The molecule has 0 amide bonds. The minimum absolute atomic E-state index is 0.151. The van der Waals surface area contributed by atoms with Crippen molar-refractivity contribution in [3.63, 3.8) is 0 Å². The van der Waals surface area contributed by atoms with Crippen LogP contribution in [-0.2, 0) is 6.54 Å². The Morgan fingerprint density at radius 1 is 1.30 bits per heavy atom. The monoisotopic (exact) mass is 268 g/mol. The van der Waals surface area contributed by atoms with E-state index in [2.05, 4.69) is 10.3 Å². The Kier molecular flexibility index (Phi) is 3.09. The third-order valence-corrected chi connectivity index (χ3v) is 2.96. The van der Waals surface area contributed by atoms with E-state index in [1.807, 2.05) is 30.3 Å². The summed E-state index contributed by atoms with van der Waals surface area (Å²) >= 11 is 0. The van der Waals surface area contributed by atoms with Crippen LogP contribution >= 0.6 is 0 Å². The predicted octanol–water partition coefficient (Wildman–Crippen LogP) is 3.14. The molecule has 0 saturated heterocycles. The number of aromatic nitrogens is 1. The molecule has 0 spiro atoms. The smallest absolute Gasteiger partial charge is 0.338 e. The molecule has 1 aromatic carbocycles. The van der Waals surface area contributed by atoms with Gasteiger partial charge in [0.2, 0.25) is 0 Å². The van der Waals surface area contributed by atoms with E-state index in [9.17, 15) is 4.79 Å². The first-order valence-corrected chi connectivity index (χ1v) is 6.12. The van der Waals surface area contributed by atoms with Crippen molar-refractivity contribution in [3.05, 3.63) is 60.2 Å². The van der Waals surface area contributed by atoms with Gasteiger partial charge in [-0.25, -0.2) is 4.79 Å². The minimum atomic E-state index is -0.993.